The third-order valence-corrected chi connectivity index (χ3v) is 3.45. The lowest BCUT2D eigenvalue weighted by molar-refractivity contribution is 0.466. The van der Waals surface area contributed by atoms with E-state index in [1.165, 1.54) is 11.6 Å². The van der Waals surface area contributed by atoms with Gasteiger partial charge in [-0.1, -0.05) is 0 Å². The summed E-state index contributed by atoms with van der Waals surface area (Å²) in [5.41, 5.74) is 2.06. The van der Waals surface area contributed by atoms with Crippen molar-refractivity contribution in [2.45, 2.75) is 25.9 Å². The van der Waals surface area contributed by atoms with Crippen molar-refractivity contribution < 1.29 is 9.50 Å². The van der Waals surface area contributed by atoms with E-state index in [9.17, 15) is 9.50 Å². The molecule has 0 aliphatic rings. The molecule has 2 aromatic rings. The van der Waals surface area contributed by atoms with Crippen molar-refractivity contribution in [2.75, 3.05) is 0 Å². The summed E-state index contributed by atoms with van der Waals surface area (Å²) in [5, 5.41) is 16.8. The highest BCUT2D eigenvalue weighted by atomic mass is 32.1. The zero-order chi connectivity index (χ0) is 13.0. The van der Waals surface area contributed by atoms with E-state index in [1.54, 1.807) is 17.4 Å². The molecule has 1 unspecified atom stereocenters. The monoisotopic (exact) mass is 265 g/mol. The zero-order valence-electron chi connectivity index (χ0n) is 10.2. The first-order valence-electron chi connectivity index (χ1n) is 5.86. The van der Waals surface area contributed by atoms with Gasteiger partial charge in [0.2, 0.25) is 0 Å². The van der Waals surface area contributed by atoms with Gasteiger partial charge in [0, 0.05) is 18.7 Å². The molecule has 1 aromatic carbocycles. The Hall–Kier alpha value is -1.39. The summed E-state index contributed by atoms with van der Waals surface area (Å²) in [6.07, 6.45) is 0.949. The van der Waals surface area contributed by atoms with Crippen molar-refractivity contribution in [2.24, 2.45) is 0 Å². The second-order valence-electron chi connectivity index (χ2n) is 4.44. The molecule has 0 aliphatic carbocycles. The van der Waals surface area contributed by atoms with Gasteiger partial charge in [0.05, 0.1) is 0 Å². The van der Waals surface area contributed by atoms with E-state index in [1.807, 2.05) is 0 Å². The maximum absolute atomic E-state index is 13.1. The molecule has 4 heteroatoms. The van der Waals surface area contributed by atoms with Crippen LogP contribution < -0.4 is 5.32 Å². The van der Waals surface area contributed by atoms with Gasteiger partial charge < -0.3 is 10.4 Å². The van der Waals surface area contributed by atoms with Crippen LogP contribution in [-0.2, 0) is 13.0 Å². The summed E-state index contributed by atoms with van der Waals surface area (Å²) in [6.45, 7) is 2.65. The van der Waals surface area contributed by atoms with Gasteiger partial charge in [-0.05, 0) is 53.4 Å². The van der Waals surface area contributed by atoms with Crippen LogP contribution in [0.3, 0.4) is 0 Å². The number of rotatable bonds is 5. The molecule has 0 amide bonds. The van der Waals surface area contributed by atoms with Gasteiger partial charge in [-0.2, -0.15) is 11.3 Å². The number of hydrogen-bond donors (Lipinski definition) is 2. The van der Waals surface area contributed by atoms with E-state index in [0.717, 1.165) is 18.1 Å². The van der Waals surface area contributed by atoms with Crippen LogP contribution in [0.25, 0.3) is 0 Å². The fraction of sp³-hybridized carbons (Fsp3) is 0.286. The van der Waals surface area contributed by atoms with Crippen molar-refractivity contribution >= 4 is 11.3 Å². The second kappa shape index (κ2) is 5.98. The summed E-state index contributed by atoms with van der Waals surface area (Å²) >= 11 is 1.69. The average molecular weight is 265 g/mol. The number of benzene rings is 1. The number of nitrogens with one attached hydrogen (secondary N) is 1. The lowest BCUT2D eigenvalue weighted by Crippen LogP contribution is -2.27. The normalized spacial score (nSPS) is 12.6. The Labute approximate surface area is 110 Å². The molecule has 0 bridgehead atoms. The topological polar surface area (TPSA) is 32.3 Å². The maximum Gasteiger partial charge on any atom is 0.127 e. The van der Waals surface area contributed by atoms with Crippen molar-refractivity contribution in [3.63, 3.8) is 0 Å². The molecular formula is C14H16FNOS. The van der Waals surface area contributed by atoms with Gasteiger partial charge in [-0.3, -0.25) is 0 Å². The molecule has 2 rings (SSSR count). The minimum absolute atomic E-state index is 0.0303. The molecule has 18 heavy (non-hydrogen) atoms. The Kier molecular flexibility index (Phi) is 4.33. The van der Waals surface area contributed by atoms with Gasteiger partial charge in [-0.15, -0.1) is 0 Å². The summed E-state index contributed by atoms with van der Waals surface area (Å²) in [5.74, 6) is -0.436. The highest BCUT2D eigenvalue weighted by Gasteiger charge is 2.05. The first-order chi connectivity index (χ1) is 8.63. The molecule has 2 N–H and O–H groups in total. The zero-order valence-corrected chi connectivity index (χ0v) is 11.0. The number of phenols is 1. The number of thiophene rings is 1. The van der Waals surface area contributed by atoms with Gasteiger partial charge in [-0.25, -0.2) is 4.39 Å². The predicted octanol–water partition coefficient (Wildman–Crippen LogP) is 3.31. The van der Waals surface area contributed by atoms with Crippen LogP contribution in [0.5, 0.6) is 5.75 Å². The number of halogens is 1. The first kappa shape index (κ1) is 13.1. The second-order valence-corrected chi connectivity index (χ2v) is 5.22. The summed E-state index contributed by atoms with van der Waals surface area (Å²) in [7, 11) is 0. The fourth-order valence-electron chi connectivity index (χ4n) is 1.86. The molecule has 0 spiro atoms. The number of aromatic hydroxyl groups is 1. The summed E-state index contributed by atoms with van der Waals surface area (Å²) < 4.78 is 13.1. The van der Waals surface area contributed by atoms with E-state index in [0.29, 0.717) is 12.6 Å². The lowest BCUT2D eigenvalue weighted by Gasteiger charge is -2.13. The molecule has 2 nitrogen and oxygen atoms in total. The Morgan fingerprint density at radius 1 is 1.33 bits per heavy atom. The van der Waals surface area contributed by atoms with Crippen LogP contribution in [0.1, 0.15) is 18.1 Å². The van der Waals surface area contributed by atoms with E-state index in [-0.39, 0.29) is 5.75 Å². The van der Waals surface area contributed by atoms with Crippen molar-refractivity contribution in [1.82, 2.24) is 5.32 Å². The molecule has 96 valence electrons. The highest BCUT2D eigenvalue weighted by molar-refractivity contribution is 7.07. The Morgan fingerprint density at radius 3 is 2.83 bits per heavy atom. The lowest BCUT2D eigenvalue weighted by atomic mass is 10.1. The van der Waals surface area contributed by atoms with Crippen LogP contribution in [0, 0.1) is 5.82 Å². The van der Waals surface area contributed by atoms with Crippen LogP contribution in [0.4, 0.5) is 4.39 Å². The minimum Gasteiger partial charge on any atom is -0.508 e. The van der Waals surface area contributed by atoms with E-state index in [2.05, 4.69) is 29.1 Å². The van der Waals surface area contributed by atoms with E-state index in [4.69, 9.17) is 0 Å². The Bertz CT molecular complexity index is 478. The Morgan fingerprint density at radius 2 is 2.17 bits per heavy atom. The SMILES string of the molecule is CC(Cc1ccsc1)NCc1cc(O)cc(F)c1. The summed E-state index contributed by atoms with van der Waals surface area (Å²) in [6, 6.07) is 6.54. The molecule has 1 aromatic heterocycles. The molecule has 1 atom stereocenters. The molecule has 0 saturated carbocycles. The van der Waals surface area contributed by atoms with Crippen molar-refractivity contribution in [3.8, 4) is 5.75 Å². The first-order valence-corrected chi connectivity index (χ1v) is 6.80. The maximum atomic E-state index is 13.1. The van der Waals surface area contributed by atoms with Gasteiger partial charge >= 0.3 is 0 Å². The van der Waals surface area contributed by atoms with Crippen LogP contribution in [-0.4, -0.2) is 11.1 Å². The molecule has 1 heterocycles. The molecule has 0 radical (unpaired) electrons. The quantitative estimate of drug-likeness (QED) is 0.869. The number of hydrogen-bond acceptors (Lipinski definition) is 3. The third kappa shape index (κ3) is 3.82. The predicted molar refractivity (Wildman–Crippen MR) is 72.4 cm³/mol. The number of phenolic OH excluding ortho intramolecular Hbond substituents is 1. The van der Waals surface area contributed by atoms with Crippen LogP contribution in [0.15, 0.2) is 35.0 Å². The minimum atomic E-state index is -0.405. The highest BCUT2D eigenvalue weighted by Crippen LogP contribution is 2.15. The van der Waals surface area contributed by atoms with Crippen molar-refractivity contribution in [1.29, 1.82) is 0 Å². The largest absolute Gasteiger partial charge is 0.508 e. The van der Waals surface area contributed by atoms with Crippen molar-refractivity contribution in [3.05, 3.63) is 52.0 Å². The van der Waals surface area contributed by atoms with E-state index < -0.39 is 5.82 Å². The van der Waals surface area contributed by atoms with Gasteiger partial charge in [0.15, 0.2) is 0 Å². The van der Waals surface area contributed by atoms with Crippen LogP contribution in [0.2, 0.25) is 0 Å². The summed E-state index contributed by atoms with van der Waals surface area (Å²) in [4.78, 5) is 0. The Balaban J connectivity index is 1.87. The molecule has 0 fully saturated rings. The fourth-order valence-corrected chi connectivity index (χ4v) is 2.54. The molecular weight excluding hydrogens is 249 g/mol. The molecule has 0 saturated heterocycles. The smallest absolute Gasteiger partial charge is 0.127 e. The van der Waals surface area contributed by atoms with Gasteiger partial charge in [0.1, 0.15) is 11.6 Å². The average Bonchev–Trinajstić information content (AvgIpc) is 2.78. The third-order valence-electron chi connectivity index (χ3n) is 2.72. The van der Waals surface area contributed by atoms with E-state index >= 15 is 0 Å². The standard InChI is InChI=1S/C14H16FNOS/c1-10(4-11-2-3-18-9-11)16-8-12-5-13(15)7-14(17)6-12/h2-3,5-7,9-10,16-17H,4,8H2,1H3. The van der Waals surface area contributed by atoms with Gasteiger partial charge in [0.25, 0.3) is 0 Å². The molecule has 0 aliphatic heterocycles. The van der Waals surface area contributed by atoms with Crippen LogP contribution >= 0.6 is 11.3 Å².